The highest BCUT2D eigenvalue weighted by molar-refractivity contribution is 7.12. The quantitative estimate of drug-likeness (QED) is 0.508. The Labute approximate surface area is 166 Å². The van der Waals surface area contributed by atoms with Crippen LogP contribution in [0.15, 0.2) is 66.3 Å². The lowest BCUT2D eigenvalue weighted by molar-refractivity contribution is 0.0940. The van der Waals surface area contributed by atoms with Crippen LogP contribution in [0.1, 0.15) is 38.8 Å². The lowest BCUT2D eigenvalue weighted by Crippen LogP contribution is -2.28. The molecule has 0 unspecified atom stereocenters. The summed E-state index contributed by atoms with van der Waals surface area (Å²) in [5.41, 5.74) is 3.87. The monoisotopic (exact) mass is 386 g/mol. The summed E-state index contributed by atoms with van der Waals surface area (Å²) in [5, 5.41) is 15.2. The molecule has 0 saturated carbocycles. The second-order valence-electron chi connectivity index (χ2n) is 6.46. The standard InChI is InChI=1S/C22H18N4OS/c23-10-6-19(15-4-2-1-3-5-15)26-22(27)20-17(9-13-28-20)14-16-7-11-24-21-18(16)8-12-25-21/h1-5,7-9,11-13,19H,6,14H2,(H,24,25)(H,26,27)/t19-/m1/s1. The first-order valence-electron chi connectivity index (χ1n) is 8.96. The van der Waals surface area contributed by atoms with Crippen LogP contribution in [-0.4, -0.2) is 15.9 Å². The number of carbonyl (C=O) groups is 1. The van der Waals surface area contributed by atoms with Gasteiger partial charge in [-0.15, -0.1) is 11.3 Å². The maximum Gasteiger partial charge on any atom is 0.262 e. The van der Waals surface area contributed by atoms with Crippen LogP contribution in [0.2, 0.25) is 0 Å². The Balaban J connectivity index is 1.57. The minimum atomic E-state index is -0.328. The van der Waals surface area contributed by atoms with Crippen LogP contribution in [0.3, 0.4) is 0 Å². The van der Waals surface area contributed by atoms with Crippen molar-refractivity contribution in [1.29, 1.82) is 5.26 Å². The topological polar surface area (TPSA) is 81.6 Å². The third-order valence-electron chi connectivity index (χ3n) is 4.69. The largest absolute Gasteiger partial charge is 0.346 e. The number of carbonyl (C=O) groups excluding carboxylic acids is 1. The van der Waals surface area contributed by atoms with Crippen LogP contribution in [0.4, 0.5) is 0 Å². The van der Waals surface area contributed by atoms with Gasteiger partial charge >= 0.3 is 0 Å². The van der Waals surface area contributed by atoms with Crippen LogP contribution in [0.5, 0.6) is 0 Å². The van der Waals surface area contributed by atoms with Crippen LogP contribution in [0, 0.1) is 11.3 Å². The minimum Gasteiger partial charge on any atom is -0.346 e. The molecule has 0 aliphatic carbocycles. The van der Waals surface area contributed by atoms with Gasteiger partial charge in [0, 0.05) is 17.8 Å². The van der Waals surface area contributed by atoms with Crippen molar-refractivity contribution in [2.45, 2.75) is 18.9 Å². The van der Waals surface area contributed by atoms with Gasteiger partial charge in [-0.3, -0.25) is 4.79 Å². The summed E-state index contributed by atoms with van der Waals surface area (Å²) in [5.74, 6) is -0.145. The molecule has 0 radical (unpaired) electrons. The number of rotatable bonds is 6. The molecule has 3 heterocycles. The molecule has 0 saturated heterocycles. The number of nitrogens with one attached hydrogen (secondary N) is 2. The number of aromatic nitrogens is 2. The van der Waals surface area contributed by atoms with Gasteiger partial charge < -0.3 is 10.3 Å². The van der Waals surface area contributed by atoms with Gasteiger partial charge in [-0.25, -0.2) is 4.98 Å². The highest BCUT2D eigenvalue weighted by atomic mass is 32.1. The van der Waals surface area contributed by atoms with Gasteiger partial charge in [-0.1, -0.05) is 30.3 Å². The van der Waals surface area contributed by atoms with E-state index in [1.54, 1.807) is 6.20 Å². The maximum absolute atomic E-state index is 13.0. The summed E-state index contributed by atoms with van der Waals surface area (Å²) in [6.45, 7) is 0. The number of thiophene rings is 1. The van der Waals surface area contributed by atoms with Gasteiger partial charge in [0.05, 0.1) is 23.4 Å². The van der Waals surface area contributed by atoms with Gasteiger partial charge in [0.25, 0.3) is 5.91 Å². The van der Waals surface area contributed by atoms with Crippen molar-refractivity contribution in [2.75, 3.05) is 0 Å². The molecule has 1 atom stereocenters. The van der Waals surface area contributed by atoms with E-state index in [2.05, 4.69) is 21.4 Å². The van der Waals surface area contributed by atoms with Crippen molar-refractivity contribution in [3.63, 3.8) is 0 Å². The van der Waals surface area contributed by atoms with Gasteiger partial charge in [0.2, 0.25) is 0 Å². The Morgan fingerprint density at radius 2 is 2.04 bits per heavy atom. The summed E-state index contributed by atoms with van der Waals surface area (Å²) in [6, 6.07) is 17.4. The number of hydrogen-bond donors (Lipinski definition) is 2. The number of nitrogens with zero attached hydrogens (tertiary/aromatic N) is 2. The zero-order chi connectivity index (χ0) is 19.3. The van der Waals surface area contributed by atoms with Crippen molar-refractivity contribution in [1.82, 2.24) is 15.3 Å². The number of nitriles is 1. The van der Waals surface area contributed by atoms with Crippen molar-refractivity contribution < 1.29 is 4.79 Å². The molecule has 28 heavy (non-hydrogen) atoms. The Morgan fingerprint density at radius 3 is 2.86 bits per heavy atom. The van der Waals surface area contributed by atoms with E-state index in [9.17, 15) is 4.79 Å². The van der Waals surface area contributed by atoms with E-state index in [0.29, 0.717) is 11.3 Å². The molecule has 1 amide bonds. The van der Waals surface area contributed by atoms with Gasteiger partial charge in [-0.05, 0) is 46.7 Å². The molecule has 0 aliphatic rings. The van der Waals surface area contributed by atoms with Crippen LogP contribution in [0.25, 0.3) is 11.0 Å². The third-order valence-corrected chi connectivity index (χ3v) is 5.64. The van der Waals surface area contributed by atoms with Crippen molar-refractivity contribution in [2.24, 2.45) is 0 Å². The van der Waals surface area contributed by atoms with Gasteiger partial charge in [0.1, 0.15) is 5.65 Å². The van der Waals surface area contributed by atoms with E-state index in [0.717, 1.165) is 27.7 Å². The zero-order valence-corrected chi connectivity index (χ0v) is 15.9. The first kappa shape index (κ1) is 18.0. The molecule has 0 bridgehead atoms. The van der Waals surface area contributed by atoms with Crippen LogP contribution < -0.4 is 5.32 Å². The molecule has 0 fully saturated rings. The first-order valence-corrected chi connectivity index (χ1v) is 9.84. The summed E-state index contributed by atoms with van der Waals surface area (Å²) in [4.78, 5) is 21.1. The molecule has 4 aromatic rings. The molecule has 6 heteroatoms. The fourth-order valence-electron chi connectivity index (χ4n) is 3.30. The number of fused-ring (bicyclic) bond motifs is 1. The lowest BCUT2D eigenvalue weighted by Gasteiger charge is -2.16. The van der Waals surface area contributed by atoms with E-state index in [1.807, 2.05) is 60.1 Å². The predicted octanol–water partition coefficient (Wildman–Crippen LogP) is 4.60. The summed E-state index contributed by atoms with van der Waals surface area (Å²) >= 11 is 1.42. The first-order chi connectivity index (χ1) is 13.8. The molecular formula is C22H18N4OS. The number of H-pyrrole nitrogens is 1. The maximum atomic E-state index is 13.0. The number of amides is 1. The lowest BCUT2D eigenvalue weighted by atomic mass is 10.0. The van der Waals surface area contributed by atoms with Crippen molar-refractivity contribution >= 4 is 28.3 Å². The fraction of sp³-hybridized carbons (Fsp3) is 0.136. The average Bonchev–Trinajstić information content (AvgIpc) is 3.38. The number of pyridine rings is 1. The van der Waals surface area contributed by atoms with E-state index in [4.69, 9.17) is 5.26 Å². The average molecular weight is 386 g/mol. The number of aromatic amines is 1. The predicted molar refractivity (Wildman–Crippen MR) is 110 cm³/mol. The van der Waals surface area contributed by atoms with E-state index >= 15 is 0 Å². The Morgan fingerprint density at radius 1 is 1.18 bits per heavy atom. The Kier molecular flexibility index (Phi) is 5.18. The second kappa shape index (κ2) is 8.07. The van der Waals surface area contributed by atoms with Crippen molar-refractivity contribution in [3.8, 4) is 6.07 Å². The Hall–Kier alpha value is -3.43. The smallest absolute Gasteiger partial charge is 0.262 e. The molecule has 1 aromatic carbocycles. The number of benzene rings is 1. The normalized spacial score (nSPS) is 11.8. The van der Waals surface area contributed by atoms with Gasteiger partial charge in [0.15, 0.2) is 0 Å². The molecule has 138 valence electrons. The van der Waals surface area contributed by atoms with Gasteiger partial charge in [-0.2, -0.15) is 5.26 Å². The highest BCUT2D eigenvalue weighted by Crippen LogP contribution is 2.25. The van der Waals surface area contributed by atoms with Crippen LogP contribution in [-0.2, 0) is 6.42 Å². The third kappa shape index (κ3) is 3.66. The second-order valence-corrected chi connectivity index (χ2v) is 7.38. The van der Waals surface area contributed by atoms with Crippen LogP contribution >= 0.6 is 11.3 Å². The molecule has 2 N–H and O–H groups in total. The molecule has 3 aromatic heterocycles. The summed E-state index contributed by atoms with van der Waals surface area (Å²) < 4.78 is 0. The molecule has 0 aliphatic heterocycles. The van der Waals surface area contributed by atoms with E-state index in [1.165, 1.54) is 11.3 Å². The molecule has 0 spiro atoms. The SMILES string of the molecule is N#CC[C@@H](NC(=O)c1sccc1Cc1ccnc2[nH]ccc12)c1ccccc1. The molecular weight excluding hydrogens is 368 g/mol. The summed E-state index contributed by atoms with van der Waals surface area (Å²) in [6.07, 6.45) is 4.52. The van der Waals surface area contributed by atoms with Crippen molar-refractivity contribution in [3.05, 3.63) is 87.9 Å². The highest BCUT2D eigenvalue weighted by Gasteiger charge is 2.19. The zero-order valence-electron chi connectivity index (χ0n) is 15.1. The van der Waals surface area contributed by atoms with E-state index in [-0.39, 0.29) is 18.4 Å². The minimum absolute atomic E-state index is 0.145. The van der Waals surface area contributed by atoms with E-state index < -0.39 is 0 Å². The fourth-order valence-corrected chi connectivity index (χ4v) is 4.13. The number of hydrogen-bond acceptors (Lipinski definition) is 4. The summed E-state index contributed by atoms with van der Waals surface area (Å²) in [7, 11) is 0. The molecule has 4 rings (SSSR count). The Bertz CT molecular complexity index is 1140. The molecule has 5 nitrogen and oxygen atoms in total.